The second-order valence-corrected chi connectivity index (χ2v) is 6.92. The van der Waals surface area contributed by atoms with Gasteiger partial charge in [0.05, 0.1) is 18.5 Å². The van der Waals surface area contributed by atoms with E-state index in [1.807, 2.05) is 55.7 Å². The van der Waals surface area contributed by atoms with Crippen LogP contribution in [0.1, 0.15) is 5.56 Å². The van der Waals surface area contributed by atoms with Crippen LogP contribution in [0.2, 0.25) is 0 Å². The van der Waals surface area contributed by atoms with E-state index < -0.39 is 0 Å². The van der Waals surface area contributed by atoms with E-state index in [2.05, 4.69) is 15.2 Å². The first kappa shape index (κ1) is 17.3. The number of nitrogens with zero attached hydrogens (tertiary/aromatic N) is 1. The van der Waals surface area contributed by atoms with Gasteiger partial charge in [0.15, 0.2) is 0 Å². The van der Waals surface area contributed by atoms with E-state index in [-0.39, 0.29) is 16.4 Å². The van der Waals surface area contributed by atoms with Crippen LogP contribution in [-0.4, -0.2) is 36.6 Å². The molecule has 0 spiro atoms. The van der Waals surface area contributed by atoms with Gasteiger partial charge in [-0.25, -0.2) is 4.98 Å². The molecule has 2 heterocycles. The number of likely N-dealkylation sites (N-methyl/N-ethyl adjacent to an activating group) is 1. The summed E-state index contributed by atoms with van der Waals surface area (Å²) in [6.07, 6.45) is 2.43. The van der Waals surface area contributed by atoms with Crippen LogP contribution in [0.5, 0.6) is 5.75 Å². The molecule has 2 N–H and O–H groups in total. The van der Waals surface area contributed by atoms with Gasteiger partial charge in [0, 0.05) is 6.07 Å². The molecular weight excluding hydrogens is 338 g/mol. The highest BCUT2D eigenvalue weighted by Crippen LogP contribution is 2.23. The molecule has 25 heavy (non-hydrogen) atoms. The van der Waals surface area contributed by atoms with Gasteiger partial charge in [0.1, 0.15) is 18.9 Å². The van der Waals surface area contributed by atoms with Crippen molar-refractivity contribution in [1.82, 2.24) is 5.32 Å². The van der Waals surface area contributed by atoms with Gasteiger partial charge in [0.25, 0.3) is 11.1 Å². The van der Waals surface area contributed by atoms with E-state index in [1.165, 1.54) is 0 Å². The maximum Gasteiger partial charge on any atom is 0.286 e. The van der Waals surface area contributed by atoms with Crippen LogP contribution >= 0.6 is 11.8 Å². The molecule has 1 aliphatic heterocycles. The number of anilines is 1. The van der Waals surface area contributed by atoms with Crippen LogP contribution in [0.4, 0.5) is 10.6 Å². The molecule has 2 amide bonds. The van der Waals surface area contributed by atoms with Crippen LogP contribution in [0.25, 0.3) is 0 Å². The minimum Gasteiger partial charge on any atom is -0.490 e. The lowest BCUT2D eigenvalue weighted by Gasteiger charge is -2.12. The van der Waals surface area contributed by atoms with Gasteiger partial charge in [-0.05, 0) is 30.2 Å². The normalized spacial score (nSPS) is 16.6. The number of hydrogen-bond acceptors (Lipinski definition) is 5. The molecule has 1 aromatic heterocycles. The smallest absolute Gasteiger partial charge is 0.286 e. The SMILES string of the molecule is CN(CCOc1ccc(C[C@H]2SC(=O)NC2=O)cc1)c1cccc[nH+]1. The Bertz CT molecular complexity index is 737. The number of aromatic nitrogens is 1. The largest absolute Gasteiger partial charge is 0.490 e. The highest BCUT2D eigenvalue weighted by atomic mass is 32.2. The van der Waals surface area contributed by atoms with E-state index in [4.69, 9.17) is 4.74 Å². The van der Waals surface area contributed by atoms with Gasteiger partial charge in [-0.15, -0.1) is 0 Å². The lowest BCUT2D eigenvalue weighted by Crippen LogP contribution is -2.28. The Balaban J connectivity index is 1.46. The highest BCUT2D eigenvalue weighted by Gasteiger charge is 2.31. The fourth-order valence-corrected chi connectivity index (χ4v) is 3.37. The average Bonchev–Trinajstić information content (AvgIpc) is 2.94. The first-order valence-corrected chi connectivity index (χ1v) is 8.91. The molecule has 6 nitrogen and oxygen atoms in total. The van der Waals surface area contributed by atoms with Gasteiger partial charge < -0.3 is 4.74 Å². The molecule has 1 aromatic carbocycles. The molecule has 1 atom stereocenters. The zero-order valence-corrected chi connectivity index (χ0v) is 14.7. The van der Waals surface area contributed by atoms with Crippen molar-refractivity contribution in [2.24, 2.45) is 0 Å². The van der Waals surface area contributed by atoms with Gasteiger partial charge >= 0.3 is 0 Å². The predicted molar refractivity (Wildman–Crippen MR) is 96.8 cm³/mol. The summed E-state index contributed by atoms with van der Waals surface area (Å²) in [6, 6.07) is 13.6. The molecule has 1 saturated heterocycles. The number of ether oxygens (including phenoxy) is 1. The second-order valence-electron chi connectivity index (χ2n) is 5.75. The average molecular weight is 358 g/mol. The number of carbonyl (C=O) groups is 2. The van der Waals surface area contributed by atoms with Crippen molar-refractivity contribution in [3.8, 4) is 5.75 Å². The summed E-state index contributed by atoms with van der Waals surface area (Å²) in [6.45, 7) is 1.32. The Morgan fingerprint density at radius 3 is 2.64 bits per heavy atom. The monoisotopic (exact) mass is 358 g/mol. The van der Waals surface area contributed by atoms with Crippen LogP contribution in [0.15, 0.2) is 48.7 Å². The first-order valence-electron chi connectivity index (χ1n) is 8.03. The second kappa shape index (κ2) is 8.02. The molecular formula is C18H20N3O3S+. The van der Waals surface area contributed by atoms with Crippen LogP contribution in [-0.2, 0) is 11.2 Å². The van der Waals surface area contributed by atoms with Crippen LogP contribution < -0.4 is 19.9 Å². The van der Waals surface area contributed by atoms with E-state index in [1.54, 1.807) is 0 Å². The Kier molecular flexibility index (Phi) is 5.55. The topological polar surface area (TPSA) is 72.8 Å². The minimum absolute atomic E-state index is 0.212. The third-order valence-electron chi connectivity index (χ3n) is 3.91. The number of H-pyrrole nitrogens is 1. The Hall–Kier alpha value is -2.54. The number of carbonyl (C=O) groups excluding carboxylic acids is 2. The molecule has 2 aromatic rings. The van der Waals surface area contributed by atoms with Crippen molar-refractivity contribution in [3.05, 3.63) is 54.2 Å². The number of amides is 2. The fraction of sp³-hybridized carbons (Fsp3) is 0.278. The Morgan fingerprint density at radius 2 is 2.00 bits per heavy atom. The van der Waals surface area contributed by atoms with Gasteiger partial charge in [0.2, 0.25) is 5.91 Å². The van der Waals surface area contributed by atoms with Crippen LogP contribution in [0, 0.1) is 0 Å². The molecule has 7 heteroatoms. The molecule has 1 aliphatic rings. The fourth-order valence-electron chi connectivity index (χ4n) is 2.51. The van der Waals surface area contributed by atoms with Gasteiger partial charge in [-0.2, -0.15) is 0 Å². The van der Waals surface area contributed by atoms with Crippen molar-refractivity contribution in [3.63, 3.8) is 0 Å². The molecule has 0 bridgehead atoms. The molecule has 0 saturated carbocycles. The zero-order chi connectivity index (χ0) is 17.6. The van der Waals surface area contributed by atoms with Crippen molar-refractivity contribution in [2.75, 3.05) is 25.1 Å². The third-order valence-corrected chi connectivity index (χ3v) is 4.89. The van der Waals surface area contributed by atoms with Crippen molar-refractivity contribution in [2.45, 2.75) is 11.7 Å². The van der Waals surface area contributed by atoms with E-state index in [9.17, 15) is 9.59 Å². The van der Waals surface area contributed by atoms with E-state index in [0.29, 0.717) is 13.0 Å². The Morgan fingerprint density at radius 1 is 1.20 bits per heavy atom. The third kappa shape index (κ3) is 4.73. The molecule has 0 radical (unpaired) electrons. The number of hydrogen-bond donors (Lipinski definition) is 1. The number of pyridine rings is 1. The maximum atomic E-state index is 11.6. The summed E-state index contributed by atoms with van der Waals surface area (Å²) >= 11 is 1.05. The summed E-state index contributed by atoms with van der Waals surface area (Å²) in [5, 5.41) is 1.70. The molecule has 1 fully saturated rings. The standard InChI is InChI=1S/C18H19N3O3S/c1-21(16-4-2-3-9-19-16)10-11-24-14-7-5-13(6-8-14)12-15-17(22)20-18(23)25-15/h2-9,15H,10-12H2,1H3,(H,20,22,23)/p+1/t15-/m1/s1. The van der Waals surface area contributed by atoms with Crippen molar-refractivity contribution in [1.29, 1.82) is 0 Å². The summed E-state index contributed by atoms with van der Waals surface area (Å²) in [4.78, 5) is 28.0. The number of imide groups is 1. The molecule has 0 unspecified atom stereocenters. The van der Waals surface area contributed by atoms with Gasteiger partial charge in [-0.1, -0.05) is 30.0 Å². The van der Waals surface area contributed by atoms with Crippen molar-refractivity contribution < 1.29 is 19.3 Å². The van der Waals surface area contributed by atoms with Gasteiger partial charge in [-0.3, -0.25) is 19.8 Å². The van der Waals surface area contributed by atoms with E-state index in [0.717, 1.165) is 35.4 Å². The lowest BCUT2D eigenvalue weighted by atomic mass is 10.1. The number of aromatic amines is 1. The molecule has 130 valence electrons. The highest BCUT2D eigenvalue weighted by molar-refractivity contribution is 8.15. The quantitative estimate of drug-likeness (QED) is 0.818. The van der Waals surface area contributed by atoms with E-state index >= 15 is 0 Å². The Labute approximate surface area is 150 Å². The molecule has 0 aliphatic carbocycles. The number of nitrogens with one attached hydrogen (secondary N) is 2. The predicted octanol–water partition coefficient (Wildman–Crippen LogP) is 1.91. The summed E-state index contributed by atoms with van der Waals surface area (Å²) < 4.78 is 5.77. The number of thioether (sulfide) groups is 1. The minimum atomic E-state index is -0.338. The lowest BCUT2D eigenvalue weighted by molar-refractivity contribution is -0.363. The zero-order valence-electron chi connectivity index (χ0n) is 13.9. The number of benzene rings is 1. The summed E-state index contributed by atoms with van der Waals surface area (Å²) in [7, 11) is 2.00. The maximum absolute atomic E-state index is 11.6. The van der Waals surface area contributed by atoms with Crippen molar-refractivity contribution >= 4 is 28.7 Å². The summed E-state index contributed by atoms with van der Waals surface area (Å²) in [5.74, 6) is 1.60. The first-order chi connectivity index (χ1) is 12.1. The van der Waals surface area contributed by atoms with Crippen LogP contribution in [0.3, 0.4) is 0 Å². The summed E-state index contributed by atoms with van der Waals surface area (Å²) in [5.41, 5.74) is 1.01. The number of rotatable bonds is 7. The molecule has 3 rings (SSSR count).